The standard InChI is InChI=1S/C24H20F6N2O6S2/c25-23(26,27)13-3-11(4-14(5-13)24(28,29)30)18-2-1-15(38-18)6-19-20(35)32(22(39)40-19)8-12-7-31(9-16(12)33)10-17(34)21(36)37/h1-6,12,16-17,33-34H,7-10H2,(H,36,37)/b19-6-. The second-order valence-corrected chi connectivity index (χ2v) is 10.9. The van der Waals surface area contributed by atoms with Crippen molar-refractivity contribution >= 4 is 46.3 Å². The quantitative estimate of drug-likeness (QED) is 0.244. The third-order valence-electron chi connectivity index (χ3n) is 6.26. The van der Waals surface area contributed by atoms with Gasteiger partial charge in [0.05, 0.1) is 22.1 Å². The number of aliphatic carboxylic acids is 1. The number of thioether (sulfide) groups is 1. The van der Waals surface area contributed by atoms with Crippen molar-refractivity contribution in [3.05, 3.63) is 52.1 Å². The molecule has 3 heterocycles. The van der Waals surface area contributed by atoms with E-state index in [1.54, 1.807) is 4.90 Å². The molecule has 0 aliphatic carbocycles. The lowest BCUT2D eigenvalue weighted by Gasteiger charge is -2.21. The van der Waals surface area contributed by atoms with Crippen molar-refractivity contribution in [1.82, 2.24) is 9.80 Å². The molecule has 0 saturated carbocycles. The van der Waals surface area contributed by atoms with Gasteiger partial charge in [-0.05, 0) is 30.3 Å². The number of thiocarbonyl (C=S) groups is 1. The number of hydrogen-bond donors (Lipinski definition) is 3. The molecule has 0 spiro atoms. The number of carbonyl (C=O) groups excluding carboxylic acids is 1. The Bertz CT molecular complexity index is 1330. The minimum atomic E-state index is -5.03. The second kappa shape index (κ2) is 11.2. The van der Waals surface area contributed by atoms with Crippen molar-refractivity contribution in [3.63, 3.8) is 0 Å². The van der Waals surface area contributed by atoms with Crippen LogP contribution in [0.5, 0.6) is 0 Å². The predicted molar refractivity (Wildman–Crippen MR) is 134 cm³/mol. The van der Waals surface area contributed by atoms with Crippen LogP contribution in [-0.2, 0) is 21.9 Å². The number of benzene rings is 1. The van der Waals surface area contributed by atoms with Crippen molar-refractivity contribution < 1.29 is 55.7 Å². The number of amides is 1. The van der Waals surface area contributed by atoms with E-state index in [2.05, 4.69) is 0 Å². The van der Waals surface area contributed by atoms with Gasteiger partial charge in [0.2, 0.25) is 0 Å². The van der Waals surface area contributed by atoms with E-state index in [0.717, 1.165) is 11.8 Å². The molecule has 16 heteroatoms. The summed E-state index contributed by atoms with van der Waals surface area (Å²) >= 11 is 6.16. The van der Waals surface area contributed by atoms with Gasteiger partial charge in [0.15, 0.2) is 6.10 Å². The molecule has 0 bridgehead atoms. The minimum absolute atomic E-state index is 0.00328. The summed E-state index contributed by atoms with van der Waals surface area (Å²) in [6, 6.07) is 3.53. The fourth-order valence-electron chi connectivity index (χ4n) is 4.30. The highest BCUT2D eigenvalue weighted by Gasteiger charge is 2.40. The van der Waals surface area contributed by atoms with Crippen LogP contribution in [0.3, 0.4) is 0 Å². The van der Waals surface area contributed by atoms with Gasteiger partial charge in [0, 0.05) is 43.7 Å². The lowest BCUT2D eigenvalue weighted by Crippen LogP contribution is -2.38. The van der Waals surface area contributed by atoms with Crippen LogP contribution in [0, 0.1) is 5.92 Å². The summed E-state index contributed by atoms with van der Waals surface area (Å²) in [5, 5.41) is 28.8. The second-order valence-electron chi connectivity index (χ2n) is 9.19. The summed E-state index contributed by atoms with van der Waals surface area (Å²) in [5.74, 6) is -2.76. The Labute approximate surface area is 231 Å². The van der Waals surface area contributed by atoms with Crippen LogP contribution in [0.15, 0.2) is 39.7 Å². The number of aliphatic hydroxyl groups is 2. The van der Waals surface area contributed by atoms with E-state index in [9.17, 15) is 46.1 Å². The van der Waals surface area contributed by atoms with Gasteiger partial charge in [-0.15, -0.1) is 0 Å². The SMILES string of the molecule is O=C(O)C(O)CN1CC(O)C(CN2C(=O)/C(=C/c3ccc(-c4cc(C(F)(F)F)cc(C(F)(F)F)c4)o3)SC2=S)C1. The zero-order valence-electron chi connectivity index (χ0n) is 20.1. The molecule has 4 rings (SSSR count). The number of carboxylic acid groups (broad SMARTS) is 1. The molecule has 3 atom stereocenters. The zero-order chi connectivity index (χ0) is 29.6. The maximum Gasteiger partial charge on any atom is 0.416 e. The predicted octanol–water partition coefficient (Wildman–Crippen LogP) is 3.92. The van der Waals surface area contributed by atoms with Crippen molar-refractivity contribution in [2.24, 2.45) is 5.92 Å². The maximum absolute atomic E-state index is 13.2. The summed E-state index contributed by atoms with van der Waals surface area (Å²) in [5.41, 5.74) is -3.45. The number of rotatable bonds is 7. The summed E-state index contributed by atoms with van der Waals surface area (Å²) in [7, 11) is 0. The van der Waals surface area contributed by atoms with Crippen LogP contribution in [0.1, 0.15) is 16.9 Å². The topological polar surface area (TPSA) is 114 Å². The Hall–Kier alpha value is -2.92. The lowest BCUT2D eigenvalue weighted by molar-refractivity contribution is -0.147. The first-order valence-corrected chi connectivity index (χ1v) is 12.7. The first kappa shape index (κ1) is 30.0. The van der Waals surface area contributed by atoms with Crippen molar-refractivity contribution in [1.29, 1.82) is 0 Å². The molecule has 3 unspecified atom stereocenters. The van der Waals surface area contributed by atoms with Gasteiger partial charge in [-0.1, -0.05) is 24.0 Å². The molecule has 8 nitrogen and oxygen atoms in total. The number of likely N-dealkylation sites (tertiary alicyclic amines) is 1. The molecule has 1 aromatic heterocycles. The van der Waals surface area contributed by atoms with E-state index < -0.39 is 59.0 Å². The van der Waals surface area contributed by atoms with Crippen LogP contribution in [-0.4, -0.2) is 79.7 Å². The van der Waals surface area contributed by atoms with Crippen LogP contribution in [0.25, 0.3) is 17.4 Å². The highest BCUT2D eigenvalue weighted by Crippen LogP contribution is 2.40. The molecular formula is C24H20F6N2O6S2. The molecule has 2 saturated heterocycles. The number of furan rings is 1. The van der Waals surface area contributed by atoms with E-state index >= 15 is 0 Å². The summed E-state index contributed by atoms with van der Waals surface area (Å²) in [6.45, 7) is 0.0650. The number of carbonyl (C=O) groups is 2. The molecule has 2 aromatic rings. The minimum Gasteiger partial charge on any atom is -0.479 e. The molecule has 40 heavy (non-hydrogen) atoms. The van der Waals surface area contributed by atoms with Crippen molar-refractivity contribution in [3.8, 4) is 11.3 Å². The van der Waals surface area contributed by atoms with E-state index in [-0.39, 0.29) is 53.0 Å². The largest absolute Gasteiger partial charge is 0.479 e. The van der Waals surface area contributed by atoms with Gasteiger partial charge in [0.1, 0.15) is 15.8 Å². The molecule has 216 valence electrons. The number of alkyl halides is 6. The first-order valence-electron chi connectivity index (χ1n) is 11.5. The first-order chi connectivity index (χ1) is 18.5. The summed E-state index contributed by atoms with van der Waals surface area (Å²) in [6.07, 6.45) is -11.4. The van der Waals surface area contributed by atoms with Crippen LogP contribution in [0.2, 0.25) is 0 Å². The Morgan fingerprint density at radius 3 is 2.33 bits per heavy atom. The highest BCUT2D eigenvalue weighted by atomic mass is 32.2. The van der Waals surface area contributed by atoms with Gasteiger partial charge in [-0.3, -0.25) is 14.6 Å². The number of β-amino-alcohol motifs (C(OH)–C–C–N with tert-alkyl or cyclic N) is 2. The molecule has 0 radical (unpaired) electrons. The average molecular weight is 611 g/mol. The molecule has 3 N–H and O–H groups in total. The zero-order valence-corrected chi connectivity index (χ0v) is 21.7. The van der Waals surface area contributed by atoms with Crippen LogP contribution >= 0.6 is 24.0 Å². The van der Waals surface area contributed by atoms with Gasteiger partial charge in [-0.2, -0.15) is 26.3 Å². The van der Waals surface area contributed by atoms with Crippen molar-refractivity contribution in [2.45, 2.75) is 24.6 Å². The molecule has 1 aromatic carbocycles. The Morgan fingerprint density at radius 1 is 1.12 bits per heavy atom. The van der Waals surface area contributed by atoms with Crippen molar-refractivity contribution in [2.75, 3.05) is 26.2 Å². The van der Waals surface area contributed by atoms with E-state index in [1.807, 2.05) is 0 Å². The monoisotopic (exact) mass is 610 g/mol. The van der Waals surface area contributed by atoms with E-state index in [4.69, 9.17) is 21.7 Å². The number of halogens is 6. The van der Waals surface area contributed by atoms with Gasteiger partial charge >= 0.3 is 18.3 Å². The van der Waals surface area contributed by atoms with E-state index in [0.29, 0.717) is 12.1 Å². The maximum atomic E-state index is 13.2. The van der Waals surface area contributed by atoms with Crippen LogP contribution < -0.4 is 0 Å². The van der Waals surface area contributed by atoms with Gasteiger partial charge in [0.25, 0.3) is 5.91 Å². The average Bonchev–Trinajstić information content (AvgIpc) is 3.52. The molecule has 2 aliphatic rings. The third kappa shape index (κ3) is 6.68. The molecule has 1 amide bonds. The number of nitrogens with zero attached hydrogens (tertiary/aromatic N) is 2. The summed E-state index contributed by atoms with van der Waals surface area (Å²) < 4.78 is 84.8. The number of hydrogen-bond acceptors (Lipinski definition) is 8. The normalized spacial score (nSPS) is 22.5. The lowest BCUT2D eigenvalue weighted by atomic mass is 10.0. The number of carboxylic acids is 1. The smallest absolute Gasteiger partial charge is 0.416 e. The Kier molecular flexibility index (Phi) is 8.38. The van der Waals surface area contributed by atoms with Gasteiger partial charge in [-0.25, -0.2) is 4.79 Å². The van der Waals surface area contributed by atoms with Crippen LogP contribution in [0.4, 0.5) is 26.3 Å². The van der Waals surface area contributed by atoms with E-state index in [1.165, 1.54) is 23.1 Å². The fourth-order valence-corrected chi connectivity index (χ4v) is 5.55. The molecular weight excluding hydrogens is 590 g/mol. The summed E-state index contributed by atoms with van der Waals surface area (Å²) in [4.78, 5) is 26.7. The van der Waals surface area contributed by atoms with Gasteiger partial charge < -0.3 is 19.7 Å². The number of aliphatic hydroxyl groups excluding tert-OH is 2. The third-order valence-corrected chi connectivity index (χ3v) is 7.64. The highest BCUT2D eigenvalue weighted by molar-refractivity contribution is 8.26. The fraction of sp³-hybridized carbons (Fsp3) is 0.375. The Balaban J connectivity index is 1.50. The molecule has 2 aliphatic heterocycles. The Morgan fingerprint density at radius 2 is 1.75 bits per heavy atom. The molecule has 2 fully saturated rings.